The molecular formula is C13H21ClN4O. The molecule has 1 N–H and O–H groups in total. The number of nitrogens with zero attached hydrogens (tertiary/aromatic N) is 4. The van der Waals surface area contributed by atoms with Crippen molar-refractivity contribution in [2.75, 3.05) is 44.2 Å². The zero-order valence-electron chi connectivity index (χ0n) is 11.3. The molecule has 1 fully saturated rings. The Morgan fingerprint density at radius 3 is 2.63 bits per heavy atom. The lowest BCUT2D eigenvalue weighted by molar-refractivity contribution is 0.188. The molecule has 1 aromatic heterocycles. The fourth-order valence-corrected chi connectivity index (χ4v) is 2.67. The zero-order chi connectivity index (χ0) is 13.7. The molecule has 0 saturated carbocycles. The largest absolute Gasteiger partial charge is 0.395 e. The third-order valence-corrected chi connectivity index (χ3v) is 3.78. The zero-order valence-corrected chi connectivity index (χ0v) is 12.1. The number of rotatable bonds is 5. The topological polar surface area (TPSA) is 52.5 Å². The molecule has 0 spiro atoms. The van der Waals surface area contributed by atoms with Gasteiger partial charge in [0.25, 0.3) is 0 Å². The Morgan fingerprint density at radius 2 is 2.00 bits per heavy atom. The average molecular weight is 285 g/mol. The van der Waals surface area contributed by atoms with Gasteiger partial charge in [0.2, 0.25) is 0 Å². The lowest BCUT2D eigenvalue weighted by atomic mass is 10.1. The Hall–Kier alpha value is -0.910. The van der Waals surface area contributed by atoms with E-state index in [9.17, 15) is 0 Å². The number of hydrogen-bond donors (Lipinski definition) is 1. The highest BCUT2D eigenvalue weighted by atomic mass is 35.5. The summed E-state index contributed by atoms with van der Waals surface area (Å²) in [6, 6.07) is 0. The minimum atomic E-state index is 0.223. The number of β-amino-alcohol motifs (C(OH)–C–C–N with tert-alkyl or cyclic N) is 1. The van der Waals surface area contributed by atoms with Crippen molar-refractivity contribution in [2.45, 2.75) is 19.8 Å². The van der Waals surface area contributed by atoms with E-state index in [1.165, 1.54) is 6.33 Å². The Labute approximate surface area is 119 Å². The summed E-state index contributed by atoms with van der Waals surface area (Å²) in [5.41, 5.74) is 1.06. The number of piperazine rings is 1. The van der Waals surface area contributed by atoms with E-state index >= 15 is 0 Å². The van der Waals surface area contributed by atoms with Gasteiger partial charge in [-0.25, -0.2) is 9.97 Å². The summed E-state index contributed by atoms with van der Waals surface area (Å²) in [7, 11) is 0. The summed E-state index contributed by atoms with van der Waals surface area (Å²) < 4.78 is 0. The lowest BCUT2D eigenvalue weighted by Crippen LogP contribution is -2.47. The Kier molecular flexibility index (Phi) is 5.36. The van der Waals surface area contributed by atoms with Crippen LogP contribution >= 0.6 is 11.6 Å². The molecule has 0 amide bonds. The minimum Gasteiger partial charge on any atom is -0.395 e. The molecule has 0 aliphatic carbocycles. The molecule has 2 rings (SSSR count). The van der Waals surface area contributed by atoms with Crippen molar-refractivity contribution >= 4 is 17.4 Å². The molecule has 5 nitrogen and oxygen atoms in total. The smallest absolute Gasteiger partial charge is 0.137 e. The van der Waals surface area contributed by atoms with E-state index in [0.29, 0.717) is 5.15 Å². The van der Waals surface area contributed by atoms with Crippen molar-refractivity contribution in [1.82, 2.24) is 14.9 Å². The van der Waals surface area contributed by atoms with Gasteiger partial charge in [-0.3, -0.25) is 4.90 Å². The molecule has 0 atom stereocenters. The Morgan fingerprint density at radius 1 is 1.26 bits per heavy atom. The predicted octanol–water partition coefficient (Wildman–Crippen LogP) is 1.20. The SMILES string of the molecule is CCCc1c(Cl)ncnc1N1CCN(CCO)CC1. The van der Waals surface area contributed by atoms with Crippen LogP contribution in [-0.4, -0.2) is 59.3 Å². The number of aromatic nitrogens is 2. The molecule has 6 heteroatoms. The third-order valence-electron chi connectivity index (χ3n) is 3.46. The molecule has 106 valence electrons. The van der Waals surface area contributed by atoms with Gasteiger partial charge in [0.05, 0.1) is 6.61 Å². The van der Waals surface area contributed by atoms with Gasteiger partial charge in [0, 0.05) is 38.3 Å². The summed E-state index contributed by atoms with van der Waals surface area (Å²) in [6.07, 6.45) is 3.48. The summed E-state index contributed by atoms with van der Waals surface area (Å²) >= 11 is 6.18. The van der Waals surface area contributed by atoms with Crippen LogP contribution in [0, 0.1) is 0 Å². The molecule has 0 bridgehead atoms. The molecular weight excluding hydrogens is 264 g/mol. The molecule has 1 aliphatic rings. The fraction of sp³-hybridized carbons (Fsp3) is 0.692. The normalized spacial score (nSPS) is 16.9. The van der Waals surface area contributed by atoms with Gasteiger partial charge < -0.3 is 10.0 Å². The van der Waals surface area contributed by atoms with E-state index in [1.54, 1.807) is 0 Å². The monoisotopic (exact) mass is 284 g/mol. The van der Waals surface area contributed by atoms with Gasteiger partial charge >= 0.3 is 0 Å². The van der Waals surface area contributed by atoms with Crippen LogP contribution in [0.4, 0.5) is 5.82 Å². The van der Waals surface area contributed by atoms with Crippen molar-refractivity contribution in [2.24, 2.45) is 0 Å². The molecule has 0 radical (unpaired) electrons. The van der Waals surface area contributed by atoms with Crippen LogP contribution in [0.25, 0.3) is 0 Å². The van der Waals surface area contributed by atoms with Gasteiger partial charge in [-0.15, -0.1) is 0 Å². The van der Waals surface area contributed by atoms with Crippen LogP contribution in [0.5, 0.6) is 0 Å². The van der Waals surface area contributed by atoms with Gasteiger partial charge in [0.15, 0.2) is 0 Å². The lowest BCUT2D eigenvalue weighted by Gasteiger charge is -2.35. The van der Waals surface area contributed by atoms with E-state index in [1.807, 2.05) is 0 Å². The van der Waals surface area contributed by atoms with Gasteiger partial charge in [-0.05, 0) is 6.42 Å². The highest BCUT2D eigenvalue weighted by Gasteiger charge is 2.21. The first-order valence-corrected chi connectivity index (χ1v) is 7.21. The van der Waals surface area contributed by atoms with Crippen LogP contribution in [-0.2, 0) is 6.42 Å². The van der Waals surface area contributed by atoms with Crippen LogP contribution in [0.1, 0.15) is 18.9 Å². The van der Waals surface area contributed by atoms with Gasteiger partial charge in [0.1, 0.15) is 17.3 Å². The van der Waals surface area contributed by atoms with Crippen LogP contribution in [0.15, 0.2) is 6.33 Å². The van der Waals surface area contributed by atoms with Gasteiger partial charge in [-0.2, -0.15) is 0 Å². The van der Waals surface area contributed by atoms with E-state index in [2.05, 4.69) is 26.7 Å². The molecule has 1 saturated heterocycles. The first kappa shape index (κ1) is 14.5. The molecule has 2 heterocycles. The highest BCUT2D eigenvalue weighted by Crippen LogP contribution is 2.25. The number of aliphatic hydroxyl groups is 1. The fourth-order valence-electron chi connectivity index (χ4n) is 2.44. The first-order valence-electron chi connectivity index (χ1n) is 6.83. The summed E-state index contributed by atoms with van der Waals surface area (Å²) in [6.45, 7) is 6.85. The van der Waals surface area contributed by atoms with Crippen molar-refractivity contribution in [1.29, 1.82) is 0 Å². The third kappa shape index (κ3) is 3.55. The highest BCUT2D eigenvalue weighted by molar-refractivity contribution is 6.30. The van der Waals surface area contributed by atoms with Crippen LogP contribution < -0.4 is 4.90 Å². The van der Waals surface area contributed by atoms with Crippen molar-refractivity contribution < 1.29 is 5.11 Å². The second-order valence-electron chi connectivity index (χ2n) is 4.77. The van der Waals surface area contributed by atoms with Crippen molar-refractivity contribution in [3.63, 3.8) is 0 Å². The first-order chi connectivity index (χ1) is 9.26. The van der Waals surface area contributed by atoms with Crippen molar-refractivity contribution in [3.8, 4) is 0 Å². The van der Waals surface area contributed by atoms with E-state index in [-0.39, 0.29) is 6.61 Å². The van der Waals surface area contributed by atoms with E-state index in [0.717, 1.165) is 56.9 Å². The maximum Gasteiger partial charge on any atom is 0.137 e. The second kappa shape index (κ2) is 7.03. The average Bonchev–Trinajstić information content (AvgIpc) is 2.43. The van der Waals surface area contributed by atoms with Crippen LogP contribution in [0.3, 0.4) is 0 Å². The summed E-state index contributed by atoms with van der Waals surface area (Å²) in [5.74, 6) is 0.977. The molecule has 19 heavy (non-hydrogen) atoms. The Bertz CT molecular complexity index is 408. The summed E-state index contributed by atoms with van der Waals surface area (Å²) in [4.78, 5) is 13.0. The van der Waals surface area contributed by atoms with Gasteiger partial charge in [-0.1, -0.05) is 24.9 Å². The predicted molar refractivity (Wildman–Crippen MR) is 76.8 cm³/mol. The molecule has 0 unspecified atom stereocenters. The summed E-state index contributed by atoms with van der Waals surface area (Å²) in [5, 5.41) is 9.53. The van der Waals surface area contributed by atoms with E-state index in [4.69, 9.17) is 16.7 Å². The number of halogens is 1. The molecule has 0 aromatic carbocycles. The quantitative estimate of drug-likeness (QED) is 0.824. The Balaban J connectivity index is 2.08. The molecule has 1 aromatic rings. The van der Waals surface area contributed by atoms with Crippen LogP contribution in [0.2, 0.25) is 5.15 Å². The van der Waals surface area contributed by atoms with E-state index < -0.39 is 0 Å². The molecule has 1 aliphatic heterocycles. The minimum absolute atomic E-state index is 0.223. The number of aliphatic hydroxyl groups excluding tert-OH is 1. The number of hydrogen-bond acceptors (Lipinski definition) is 5. The maximum absolute atomic E-state index is 8.96. The number of anilines is 1. The van der Waals surface area contributed by atoms with Crippen molar-refractivity contribution in [3.05, 3.63) is 17.0 Å². The maximum atomic E-state index is 8.96. The second-order valence-corrected chi connectivity index (χ2v) is 5.13. The standard InChI is InChI=1S/C13H21ClN4O/c1-2-3-11-12(14)15-10-16-13(11)18-6-4-17(5-7-18)8-9-19/h10,19H,2-9H2,1H3.